The molecule has 1 aromatic carbocycles. The minimum Gasteiger partial charge on any atom is -0.299 e. The lowest BCUT2D eigenvalue weighted by Gasteiger charge is -2.17. The highest BCUT2D eigenvalue weighted by Gasteiger charge is 2.39. The lowest BCUT2D eigenvalue weighted by Crippen LogP contribution is -2.29. The summed E-state index contributed by atoms with van der Waals surface area (Å²) in [6.45, 7) is 0.250. The van der Waals surface area contributed by atoms with E-state index in [0.717, 1.165) is 5.56 Å². The van der Waals surface area contributed by atoms with Crippen molar-refractivity contribution in [1.29, 1.82) is 0 Å². The summed E-state index contributed by atoms with van der Waals surface area (Å²) < 4.78 is 0. The second kappa shape index (κ2) is 4.89. The summed E-state index contributed by atoms with van der Waals surface area (Å²) in [4.78, 5) is 29.4. The summed E-state index contributed by atoms with van der Waals surface area (Å²) in [5.41, 5.74) is 1.41. The number of anilines is 1. The lowest BCUT2D eigenvalue weighted by atomic mass is 10.1. The molecule has 0 unspecified atom stereocenters. The fraction of sp³-hybridized carbons (Fsp3) is 0.0714. The van der Waals surface area contributed by atoms with Crippen LogP contribution >= 0.6 is 23.2 Å². The van der Waals surface area contributed by atoms with Crippen LogP contribution in [0.3, 0.4) is 0 Å². The molecule has 100 valence electrons. The number of aromatic nitrogens is 1. The zero-order valence-corrected chi connectivity index (χ0v) is 11.6. The second-order valence-electron chi connectivity index (χ2n) is 4.33. The van der Waals surface area contributed by atoms with Crippen molar-refractivity contribution in [2.75, 3.05) is 4.90 Å². The van der Waals surface area contributed by atoms with E-state index in [0.29, 0.717) is 10.7 Å². The number of fused-ring (bicyclic) bond motifs is 1. The molecule has 0 saturated carbocycles. The van der Waals surface area contributed by atoms with Crippen molar-refractivity contribution < 1.29 is 9.59 Å². The molecule has 4 nitrogen and oxygen atoms in total. The SMILES string of the molecule is O=C1C(=O)N(Cc2ccncc2)c2c(Cl)ccc(Cl)c21. The summed E-state index contributed by atoms with van der Waals surface area (Å²) in [6, 6.07) is 6.64. The molecule has 1 amide bonds. The molecule has 0 aliphatic carbocycles. The van der Waals surface area contributed by atoms with Crippen LogP contribution in [0.2, 0.25) is 10.0 Å². The van der Waals surface area contributed by atoms with Gasteiger partial charge in [-0.15, -0.1) is 0 Å². The molecule has 1 aliphatic heterocycles. The summed E-state index contributed by atoms with van der Waals surface area (Å²) in [5.74, 6) is -1.24. The molecule has 3 rings (SSSR count). The summed E-state index contributed by atoms with van der Waals surface area (Å²) in [5, 5.41) is 0.567. The number of benzene rings is 1. The van der Waals surface area contributed by atoms with E-state index < -0.39 is 11.7 Å². The van der Waals surface area contributed by atoms with Crippen LogP contribution in [0.1, 0.15) is 15.9 Å². The molecule has 0 bridgehead atoms. The first-order valence-electron chi connectivity index (χ1n) is 5.82. The zero-order valence-electron chi connectivity index (χ0n) is 10.1. The summed E-state index contributed by atoms with van der Waals surface area (Å²) >= 11 is 12.1. The maximum Gasteiger partial charge on any atom is 0.299 e. The van der Waals surface area contributed by atoms with Crippen LogP contribution in [0.4, 0.5) is 5.69 Å². The Labute approximate surface area is 124 Å². The van der Waals surface area contributed by atoms with Crippen molar-refractivity contribution in [3.8, 4) is 0 Å². The van der Waals surface area contributed by atoms with E-state index in [1.54, 1.807) is 30.6 Å². The molecule has 0 fully saturated rings. The number of Topliss-reactive ketones (excluding diaryl/α,β-unsaturated/α-hetero) is 1. The van der Waals surface area contributed by atoms with Crippen LogP contribution in [0.5, 0.6) is 0 Å². The molecule has 0 atom stereocenters. The molecular weight excluding hydrogens is 299 g/mol. The molecule has 2 aromatic rings. The Morgan fingerprint density at radius 3 is 2.35 bits per heavy atom. The second-order valence-corrected chi connectivity index (χ2v) is 5.14. The first-order chi connectivity index (χ1) is 9.59. The summed E-state index contributed by atoms with van der Waals surface area (Å²) in [7, 11) is 0. The lowest BCUT2D eigenvalue weighted by molar-refractivity contribution is -0.114. The minimum absolute atomic E-state index is 0.179. The Hall–Kier alpha value is -1.91. The van der Waals surface area contributed by atoms with Gasteiger partial charge in [0.15, 0.2) is 0 Å². The van der Waals surface area contributed by atoms with Crippen LogP contribution in [0, 0.1) is 0 Å². The Morgan fingerprint density at radius 2 is 1.65 bits per heavy atom. The molecule has 1 aromatic heterocycles. The Bertz CT molecular complexity index is 717. The van der Waals surface area contributed by atoms with Crippen LogP contribution in [-0.2, 0) is 11.3 Å². The molecular formula is C14H8Cl2N2O2. The van der Waals surface area contributed by atoms with Gasteiger partial charge in [0, 0.05) is 12.4 Å². The van der Waals surface area contributed by atoms with Gasteiger partial charge in [-0.3, -0.25) is 19.5 Å². The number of nitrogens with zero attached hydrogens (tertiary/aromatic N) is 2. The predicted molar refractivity (Wildman–Crippen MR) is 76.2 cm³/mol. The molecule has 2 heterocycles. The van der Waals surface area contributed by atoms with E-state index >= 15 is 0 Å². The van der Waals surface area contributed by atoms with Crippen molar-refractivity contribution in [2.45, 2.75) is 6.54 Å². The molecule has 6 heteroatoms. The fourth-order valence-electron chi connectivity index (χ4n) is 2.17. The van der Waals surface area contributed by atoms with Crippen LogP contribution in [0.25, 0.3) is 0 Å². The molecule has 0 radical (unpaired) electrons. The molecule has 20 heavy (non-hydrogen) atoms. The van der Waals surface area contributed by atoms with E-state index in [9.17, 15) is 9.59 Å². The van der Waals surface area contributed by atoms with E-state index in [1.807, 2.05) is 0 Å². The van der Waals surface area contributed by atoms with Gasteiger partial charge in [-0.1, -0.05) is 23.2 Å². The monoisotopic (exact) mass is 306 g/mol. The number of carbonyl (C=O) groups is 2. The highest BCUT2D eigenvalue weighted by atomic mass is 35.5. The first-order valence-corrected chi connectivity index (χ1v) is 6.58. The third-order valence-corrected chi connectivity index (χ3v) is 3.72. The number of hydrogen-bond donors (Lipinski definition) is 0. The normalized spacial score (nSPS) is 13.8. The van der Waals surface area contributed by atoms with Crippen molar-refractivity contribution in [3.63, 3.8) is 0 Å². The highest BCUT2D eigenvalue weighted by Crippen LogP contribution is 2.40. The first kappa shape index (κ1) is 13.1. The third-order valence-electron chi connectivity index (χ3n) is 3.10. The van der Waals surface area contributed by atoms with Crippen molar-refractivity contribution in [3.05, 3.63) is 57.8 Å². The van der Waals surface area contributed by atoms with Gasteiger partial charge in [0.2, 0.25) is 0 Å². The number of ketones is 1. The molecule has 1 aliphatic rings. The zero-order chi connectivity index (χ0) is 14.3. The van der Waals surface area contributed by atoms with Gasteiger partial charge in [-0.05, 0) is 29.8 Å². The predicted octanol–water partition coefficient (Wildman–Crippen LogP) is 3.12. The number of hydrogen-bond acceptors (Lipinski definition) is 3. The van der Waals surface area contributed by atoms with Crippen LogP contribution < -0.4 is 4.90 Å². The van der Waals surface area contributed by atoms with Crippen molar-refractivity contribution in [2.24, 2.45) is 0 Å². The van der Waals surface area contributed by atoms with Gasteiger partial charge >= 0.3 is 0 Å². The van der Waals surface area contributed by atoms with Gasteiger partial charge in [0.25, 0.3) is 11.7 Å². The van der Waals surface area contributed by atoms with Crippen molar-refractivity contribution in [1.82, 2.24) is 4.98 Å². The van der Waals surface area contributed by atoms with E-state index in [4.69, 9.17) is 23.2 Å². The van der Waals surface area contributed by atoms with Gasteiger partial charge in [0.05, 0.1) is 27.8 Å². The minimum atomic E-state index is -0.624. The topological polar surface area (TPSA) is 50.3 Å². The largest absolute Gasteiger partial charge is 0.299 e. The van der Waals surface area contributed by atoms with E-state index in [1.165, 1.54) is 11.0 Å². The Kier molecular flexibility index (Phi) is 3.20. The quantitative estimate of drug-likeness (QED) is 0.801. The summed E-state index contributed by atoms with van der Waals surface area (Å²) in [6.07, 6.45) is 3.25. The molecule has 0 N–H and O–H groups in total. The van der Waals surface area contributed by atoms with E-state index in [2.05, 4.69) is 4.98 Å². The highest BCUT2D eigenvalue weighted by molar-refractivity contribution is 6.56. The van der Waals surface area contributed by atoms with Gasteiger partial charge in [0.1, 0.15) is 0 Å². The van der Waals surface area contributed by atoms with Crippen LogP contribution in [-0.4, -0.2) is 16.7 Å². The average molecular weight is 307 g/mol. The standard InChI is InChI=1S/C14H8Cl2N2O2/c15-9-1-2-10(16)12-11(9)13(19)14(20)18(12)7-8-3-5-17-6-4-8/h1-6H,7H2. The van der Waals surface area contributed by atoms with E-state index in [-0.39, 0.29) is 17.1 Å². The van der Waals surface area contributed by atoms with Gasteiger partial charge in [-0.25, -0.2) is 0 Å². The number of amides is 1. The number of rotatable bonds is 2. The van der Waals surface area contributed by atoms with Crippen LogP contribution in [0.15, 0.2) is 36.7 Å². The van der Waals surface area contributed by atoms with Gasteiger partial charge < -0.3 is 0 Å². The van der Waals surface area contributed by atoms with Crippen molar-refractivity contribution >= 4 is 40.6 Å². The third kappa shape index (κ3) is 1.97. The number of pyridine rings is 1. The Morgan fingerprint density at radius 1 is 1.00 bits per heavy atom. The number of halogens is 2. The van der Waals surface area contributed by atoms with Gasteiger partial charge in [-0.2, -0.15) is 0 Å². The maximum atomic E-state index is 12.1. The maximum absolute atomic E-state index is 12.1. The molecule has 0 spiro atoms. The average Bonchev–Trinajstić information content (AvgIpc) is 2.70. The number of carbonyl (C=O) groups excluding carboxylic acids is 2. The molecule has 0 saturated heterocycles. The smallest absolute Gasteiger partial charge is 0.299 e. The fourth-order valence-corrected chi connectivity index (χ4v) is 2.67. The Balaban J connectivity index is 2.09.